The molecule has 3 aromatic rings. The third-order valence-corrected chi connectivity index (χ3v) is 7.22. The predicted molar refractivity (Wildman–Crippen MR) is 144 cm³/mol. The second-order valence-corrected chi connectivity index (χ2v) is 9.67. The molecule has 2 aliphatic rings. The molecule has 2 atom stereocenters. The van der Waals surface area contributed by atoms with Gasteiger partial charge in [-0.25, -0.2) is 4.99 Å². The first-order chi connectivity index (χ1) is 17.6. The van der Waals surface area contributed by atoms with Crippen LogP contribution in [0.1, 0.15) is 29.2 Å². The largest absolute Gasteiger partial charge is 0.494 e. The van der Waals surface area contributed by atoms with Gasteiger partial charge in [-0.15, -0.1) is 6.58 Å². The van der Waals surface area contributed by atoms with Crippen molar-refractivity contribution in [1.29, 1.82) is 0 Å². The number of nitrogens with zero attached hydrogens (tertiary/aromatic N) is 2. The molecule has 7 heteroatoms. The first-order valence-corrected chi connectivity index (χ1v) is 12.7. The van der Waals surface area contributed by atoms with Gasteiger partial charge in [0.15, 0.2) is 11.6 Å². The number of ether oxygens (including phenoxy) is 2. The highest BCUT2D eigenvalue weighted by Gasteiger charge is 2.57. The Morgan fingerprint density at radius 2 is 1.89 bits per heavy atom. The molecule has 1 N–H and O–H groups in total. The maximum absolute atomic E-state index is 14.2. The van der Waals surface area contributed by atoms with Crippen LogP contribution in [0.4, 0.5) is 5.69 Å². The molecule has 0 unspecified atom stereocenters. The van der Waals surface area contributed by atoms with Gasteiger partial charge in [-0.1, -0.05) is 58.4 Å². The van der Waals surface area contributed by atoms with Crippen LogP contribution in [0.2, 0.25) is 0 Å². The van der Waals surface area contributed by atoms with Crippen LogP contribution in [0, 0.1) is 0 Å². The molecule has 6 nitrogen and oxygen atoms in total. The summed E-state index contributed by atoms with van der Waals surface area (Å²) in [5.41, 5.74) is 2.39. The van der Waals surface area contributed by atoms with Crippen molar-refractivity contribution in [1.82, 2.24) is 0 Å². The number of hydrogen-bond donors (Lipinski definition) is 1. The third kappa shape index (κ3) is 4.33. The Hall–Kier alpha value is -3.42. The molecule has 1 amide bonds. The van der Waals surface area contributed by atoms with E-state index in [0.29, 0.717) is 37.6 Å². The van der Waals surface area contributed by atoms with E-state index in [1.807, 2.05) is 72.8 Å². The Morgan fingerprint density at radius 1 is 1.14 bits per heavy atom. The quantitative estimate of drug-likeness (QED) is 0.309. The van der Waals surface area contributed by atoms with Gasteiger partial charge >= 0.3 is 0 Å². The van der Waals surface area contributed by atoms with Crippen molar-refractivity contribution >= 4 is 33.4 Å². The highest BCUT2D eigenvalue weighted by atomic mass is 79.9. The number of halogens is 1. The summed E-state index contributed by atoms with van der Waals surface area (Å²) in [5.74, 6) is 1.01. The van der Waals surface area contributed by atoms with Crippen molar-refractivity contribution in [2.45, 2.75) is 24.5 Å². The molecular weight excluding hydrogens is 520 g/mol. The van der Waals surface area contributed by atoms with Crippen LogP contribution in [0.25, 0.3) is 0 Å². The van der Waals surface area contributed by atoms with Gasteiger partial charge < -0.3 is 19.5 Å². The lowest BCUT2D eigenvalue weighted by atomic mass is 9.78. The molecule has 0 saturated carbocycles. The topological polar surface area (TPSA) is 71.4 Å². The van der Waals surface area contributed by atoms with E-state index >= 15 is 0 Å². The lowest BCUT2D eigenvalue weighted by molar-refractivity contribution is -0.126. The zero-order chi connectivity index (χ0) is 25.1. The van der Waals surface area contributed by atoms with Crippen molar-refractivity contribution < 1.29 is 19.4 Å². The maximum Gasteiger partial charge on any atom is 0.259 e. The molecule has 0 fully saturated rings. The van der Waals surface area contributed by atoms with Gasteiger partial charge in [0.1, 0.15) is 5.75 Å². The summed E-state index contributed by atoms with van der Waals surface area (Å²) < 4.78 is 13.1. The van der Waals surface area contributed by atoms with Crippen LogP contribution in [0.3, 0.4) is 0 Å². The Labute approximate surface area is 219 Å². The highest BCUT2D eigenvalue weighted by Crippen LogP contribution is 2.48. The highest BCUT2D eigenvalue weighted by molar-refractivity contribution is 9.10. The summed E-state index contributed by atoms with van der Waals surface area (Å²) in [7, 11) is 0. The summed E-state index contributed by atoms with van der Waals surface area (Å²) in [5, 5.41) is 8.97. The van der Waals surface area contributed by atoms with E-state index in [0.717, 1.165) is 26.9 Å². The number of aliphatic hydroxyl groups excluding tert-OH is 1. The first kappa shape index (κ1) is 24.3. The van der Waals surface area contributed by atoms with Gasteiger partial charge in [-0.3, -0.25) is 4.79 Å². The van der Waals surface area contributed by atoms with E-state index in [1.54, 1.807) is 11.0 Å². The van der Waals surface area contributed by atoms with Gasteiger partial charge in [0, 0.05) is 47.3 Å². The molecule has 0 bridgehead atoms. The van der Waals surface area contributed by atoms with Gasteiger partial charge in [0.2, 0.25) is 5.90 Å². The molecule has 0 aromatic heterocycles. The monoisotopic (exact) mass is 546 g/mol. The molecule has 36 heavy (non-hydrogen) atoms. The Kier molecular flexibility index (Phi) is 6.94. The minimum atomic E-state index is -1.16. The average Bonchev–Trinajstić information content (AvgIpc) is 3.27. The Balaban J connectivity index is 1.59. The maximum atomic E-state index is 14.2. The number of para-hydroxylation sites is 1. The van der Waals surface area contributed by atoms with Gasteiger partial charge in [0.25, 0.3) is 5.91 Å². The minimum absolute atomic E-state index is 0.0846. The molecule has 0 aliphatic carbocycles. The lowest BCUT2D eigenvalue weighted by Crippen LogP contribution is -2.55. The third-order valence-electron chi connectivity index (χ3n) is 6.49. The van der Waals surface area contributed by atoms with Crippen LogP contribution < -0.4 is 9.64 Å². The van der Waals surface area contributed by atoms with Gasteiger partial charge in [-0.2, -0.15) is 0 Å². The zero-order valence-corrected chi connectivity index (χ0v) is 21.4. The average molecular weight is 547 g/mol. The normalized spacial score (nSPS) is 20.6. The molecule has 3 aromatic carbocycles. The summed E-state index contributed by atoms with van der Waals surface area (Å²) >= 11 is 3.66. The number of benzene rings is 3. The van der Waals surface area contributed by atoms with Crippen molar-refractivity contribution in [3.05, 3.63) is 107 Å². The van der Waals surface area contributed by atoms with E-state index in [-0.39, 0.29) is 12.5 Å². The predicted octanol–water partition coefficient (Wildman–Crippen LogP) is 5.24. The molecule has 2 heterocycles. The fourth-order valence-electron chi connectivity index (χ4n) is 4.80. The van der Waals surface area contributed by atoms with E-state index < -0.39 is 11.6 Å². The molecule has 0 radical (unpaired) electrons. The fourth-order valence-corrected chi connectivity index (χ4v) is 5.29. The zero-order valence-electron chi connectivity index (χ0n) is 19.8. The number of hydrogen-bond acceptors (Lipinski definition) is 5. The standard InChI is InChI=1S/C29H27BrN2O4/c1-2-16-32-25-11-6-3-8-21(25)19-29(28(32)34)26(23-9-4-5-10-24(23)30)36-27(31-29)20-12-14-22(15-13-20)35-18-7-17-33/h2-6,8-15,26,33H,1,7,16-19H2/t26-,29-/m0/s1. The molecule has 1 spiro atoms. The SMILES string of the molecule is C=CCN1C(=O)[C@@]2(Cc3ccccc31)N=C(c1ccc(OCCCO)cc1)O[C@H]2c1ccccc1Br. The molecule has 0 saturated heterocycles. The molecule has 5 rings (SSSR count). The number of carbonyl (C=O) groups is 1. The second kappa shape index (κ2) is 10.3. The van der Waals surface area contributed by atoms with Crippen molar-refractivity contribution in [3.63, 3.8) is 0 Å². The van der Waals surface area contributed by atoms with Crippen LogP contribution in [0.15, 0.2) is 94.9 Å². The molecule has 2 aliphatic heterocycles. The number of rotatable bonds is 8. The van der Waals surface area contributed by atoms with Crippen molar-refractivity contribution in [2.75, 3.05) is 24.7 Å². The fraction of sp³-hybridized carbons (Fsp3) is 0.241. The number of aliphatic imine (C=N–C) groups is 1. The Bertz CT molecular complexity index is 1310. The van der Waals surface area contributed by atoms with Crippen LogP contribution >= 0.6 is 15.9 Å². The molecular formula is C29H27BrN2O4. The summed E-state index contributed by atoms with van der Waals surface area (Å²) in [6.45, 7) is 4.77. The van der Waals surface area contributed by atoms with Crippen LogP contribution in [0.5, 0.6) is 5.75 Å². The summed E-state index contributed by atoms with van der Waals surface area (Å²) in [6, 6.07) is 23.2. The van der Waals surface area contributed by atoms with E-state index in [2.05, 4.69) is 22.5 Å². The smallest absolute Gasteiger partial charge is 0.259 e. The number of anilines is 1. The minimum Gasteiger partial charge on any atom is -0.494 e. The molecule has 184 valence electrons. The number of aliphatic hydroxyl groups is 1. The number of amides is 1. The van der Waals surface area contributed by atoms with Gasteiger partial charge in [0.05, 0.1) is 6.61 Å². The second-order valence-electron chi connectivity index (χ2n) is 8.82. The van der Waals surface area contributed by atoms with E-state index in [1.165, 1.54) is 0 Å². The van der Waals surface area contributed by atoms with E-state index in [9.17, 15) is 4.79 Å². The van der Waals surface area contributed by atoms with Crippen molar-refractivity contribution in [2.24, 2.45) is 4.99 Å². The lowest BCUT2D eigenvalue weighted by Gasteiger charge is -2.40. The Morgan fingerprint density at radius 3 is 2.64 bits per heavy atom. The van der Waals surface area contributed by atoms with Crippen LogP contribution in [-0.4, -0.2) is 42.2 Å². The first-order valence-electron chi connectivity index (χ1n) is 11.9. The van der Waals surface area contributed by atoms with Gasteiger partial charge in [-0.05, 0) is 42.0 Å². The summed E-state index contributed by atoms with van der Waals surface area (Å²) in [6.07, 6.45) is 2.11. The number of fused-ring (bicyclic) bond motifs is 1. The number of carbonyl (C=O) groups excluding carboxylic acids is 1. The van der Waals surface area contributed by atoms with Crippen molar-refractivity contribution in [3.8, 4) is 5.75 Å². The van der Waals surface area contributed by atoms with E-state index in [4.69, 9.17) is 19.6 Å². The van der Waals surface area contributed by atoms with Crippen LogP contribution in [-0.2, 0) is 16.0 Å². The summed E-state index contributed by atoms with van der Waals surface area (Å²) in [4.78, 5) is 21.0.